The third kappa shape index (κ3) is 3.56. The highest BCUT2D eigenvalue weighted by atomic mass is 16.5. The molecule has 84 valence electrons. The average Bonchev–Trinajstić information content (AvgIpc) is 2.18. The molecule has 0 saturated heterocycles. The van der Waals surface area contributed by atoms with Gasteiger partial charge in [-0.25, -0.2) is 0 Å². The first-order valence-corrected chi connectivity index (χ1v) is 5.71. The zero-order valence-electron chi connectivity index (χ0n) is 9.41. The molecule has 3 nitrogen and oxygen atoms in total. The highest BCUT2D eigenvalue weighted by Gasteiger charge is 2.25. The van der Waals surface area contributed by atoms with Crippen LogP contribution in [0.15, 0.2) is 0 Å². The Labute approximate surface area is 87.1 Å². The van der Waals surface area contributed by atoms with Crippen LogP contribution in [-0.4, -0.2) is 49.0 Å². The van der Waals surface area contributed by atoms with Gasteiger partial charge >= 0.3 is 0 Å². The number of nitrogens with zero attached hydrogens (tertiary/aromatic N) is 1. The van der Waals surface area contributed by atoms with E-state index in [2.05, 4.69) is 11.9 Å². The fourth-order valence-electron chi connectivity index (χ4n) is 2.12. The second-order valence-corrected chi connectivity index (χ2v) is 4.10. The number of hydrogen-bond donors (Lipinski definition) is 1. The van der Waals surface area contributed by atoms with E-state index in [9.17, 15) is 5.11 Å². The summed E-state index contributed by atoms with van der Waals surface area (Å²) in [5.74, 6) is 0. The molecular weight excluding hydrogens is 178 g/mol. The zero-order chi connectivity index (χ0) is 10.4. The van der Waals surface area contributed by atoms with Crippen LogP contribution in [0.1, 0.15) is 32.6 Å². The minimum atomic E-state index is -0.129. The Balaban J connectivity index is 2.23. The van der Waals surface area contributed by atoms with Crippen molar-refractivity contribution in [1.29, 1.82) is 0 Å². The van der Waals surface area contributed by atoms with E-state index in [1.54, 1.807) is 0 Å². The lowest BCUT2D eigenvalue weighted by atomic mass is 9.92. The Hall–Kier alpha value is -0.120. The van der Waals surface area contributed by atoms with Crippen LogP contribution in [0.2, 0.25) is 0 Å². The summed E-state index contributed by atoms with van der Waals surface area (Å²) >= 11 is 0. The molecule has 0 unspecified atom stereocenters. The lowest BCUT2D eigenvalue weighted by molar-refractivity contribution is 0.0180. The van der Waals surface area contributed by atoms with Gasteiger partial charge in [-0.05, 0) is 26.8 Å². The number of likely N-dealkylation sites (N-methyl/N-ethyl adjacent to an activating group) is 1. The topological polar surface area (TPSA) is 32.7 Å². The molecule has 0 amide bonds. The van der Waals surface area contributed by atoms with Crippen molar-refractivity contribution in [1.82, 2.24) is 4.90 Å². The third-order valence-corrected chi connectivity index (χ3v) is 3.05. The molecule has 1 N–H and O–H groups in total. The standard InChI is InChI=1S/C11H23NO2/c1-3-14-9-8-12(2)10-6-4-5-7-11(10)13/h10-11,13H,3-9H2,1-2H3/t10-,11-/m1/s1. The van der Waals surface area contributed by atoms with Crippen LogP contribution in [0, 0.1) is 0 Å². The summed E-state index contributed by atoms with van der Waals surface area (Å²) in [4.78, 5) is 2.24. The molecule has 1 aliphatic rings. The van der Waals surface area contributed by atoms with Crippen molar-refractivity contribution >= 4 is 0 Å². The molecule has 0 heterocycles. The second kappa shape index (κ2) is 6.38. The van der Waals surface area contributed by atoms with Gasteiger partial charge in [0.05, 0.1) is 12.7 Å². The van der Waals surface area contributed by atoms with Gasteiger partial charge in [0.1, 0.15) is 0 Å². The predicted molar refractivity (Wildman–Crippen MR) is 57.4 cm³/mol. The Morgan fingerprint density at radius 2 is 2.07 bits per heavy atom. The molecule has 1 fully saturated rings. The van der Waals surface area contributed by atoms with Crippen LogP contribution < -0.4 is 0 Å². The van der Waals surface area contributed by atoms with Crippen molar-refractivity contribution in [3.8, 4) is 0 Å². The summed E-state index contributed by atoms with van der Waals surface area (Å²) in [5.41, 5.74) is 0. The van der Waals surface area contributed by atoms with Gasteiger partial charge in [0.25, 0.3) is 0 Å². The fraction of sp³-hybridized carbons (Fsp3) is 1.00. The van der Waals surface area contributed by atoms with Crippen LogP contribution in [-0.2, 0) is 4.74 Å². The van der Waals surface area contributed by atoms with Crippen LogP contribution in [0.5, 0.6) is 0 Å². The minimum absolute atomic E-state index is 0.129. The quantitative estimate of drug-likeness (QED) is 0.680. The summed E-state index contributed by atoms with van der Waals surface area (Å²) in [6.45, 7) is 4.49. The van der Waals surface area contributed by atoms with Crippen molar-refractivity contribution in [3.05, 3.63) is 0 Å². The Kier molecular flexibility index (Phi) is 5.45. The van der Waals surface area contributed by atoms with E-state index in [0.29, 0.717) is 6.04 Å². The Morgan fingerprint density at radius 1 is 1.36 bits per heavy atom. The van der Waals surface area contributed by atoms with E-state index in [-0.39, 0.29) is 6.10 Å². The first-order valence-electron chi connectivity index (χ1n) is 5.71. The maximum atomic E-state index is 9.81. The highest BCUT2D eigenvalue weighted by molar-refractivity contribution is 4.81. The first kappa shape index (κ1) is 12.0. The Morgan fingerprint density at radius 3 is 2.71 bits per heavy atom. The molecule has 1 aliphatic carbocycles. The molecule has 0 bridgehead atoms. The van der Waals surface area contributed by atoms with Gasteiger partial charge in [0, 0.05) is 19.2 Å². The van der Waals surface area contributed by atoms with Gasteiger partial charge in [0.15, 0.2) is 0 Å². The van der Waals surface area contributed by atoms with E-state index in [1.807, 2.05) is 6.92 Å². The molecule has 1 saturated carbocycles. The van der Waals surface area contributed by atoms with Crippen LogP contribution in [0.3, 0.4) is 0 Å². The van der Waals surface area contributed by atoms with Crippen molar-refractivity contribution in [3.63, 3.8) is 0 Å². The lowest BCUT2D eigenvalue weighted by Crippen LogP contribution is -2.44. The van der Waals surface area contributed by atoms with Gasteiger partial charge in [-0.2, -0.15) is 0 Å². The summed E-state index contributed by atoms with van der Waals surface area (Å²) in [6.07, 6.45) is 4.39. The average molecular weight is 201 g/mol. The molecule has 0 aliphatic heterocycles. The Bertz CT molecular complexity index is 152. The van der Waals surface area contributed by atoms with Crippen LogP contribution in [0.25, 0.3) is 0 Å². The maximum Gasteiger partial charge on any atom is 0.0695 e. The first-order chi connectivity index (χ1) is 6.75. The van der Waals surface area contributed by atoms with Gasteiger partial charge in [-0.3, -0.25) is 4.90 Å². The number of rotatable bonds is 5. The number of hydrogen-bond acceptors (Lipinski definition) is 3. The molecule has 0 spiro atoms. The van der Waals surface area contributed by atoms with Crippen molar-refractivity contribution in [2.24, 2.45) is 0 Å². The van der Waals surface area contributed by atoms with E-state index in [0.717, 1.165) is 32.6 Å². The van der Waals surface area contributed by atoms with Crippen molar-refractivity contribution < 1.29 is 9.84 Å². The zero-order valence-corrected chi connectivity index (χ0v) is 9.41. The number of ether oxygens (including phenoxy) is 1. The molecule has 14 heavy (non-hydrogen) atoms. The summed E-state index contributed by atoms with van der Waals surface area (Å²) in [5, 5.41) is 9.81. The molecule has 0 radical (unpaired) electrons. The molecular formula is C11H23NO2. The van der Waals surface area contributed by atoms with Gasteiger partial charge < -0.3 is 9.84 Å². The van der Waals surface area contributed by atoms with Gasteiger partial charge in [0.2, 0.25) is 0 Å². The molecule has 0 aromatic heterocycles. The number of aliphatic hydroxyl groups excluding tert-OH is 1. The van der Waals surface area contributed by atoms with E-state index >= 15 is 0 Å². The normalized spacial score (nSPS) is 28.3. The SMILES string of the molecule is CCOCCN(C)[C@@H]1CCCC[C@H]1O. The molecule has 1 rings (SSSR count). The summed E-state index contributed by atoms with van der Waals surface area (Å²) < 4.78 is 5.31. The lowest BCUT2D eigenvalue weighted by Gasteiger charge is -2.35. The molecule has 2 atom stereocenters. The minimum Gasteiger partial charge on any atom is -0.391 e. The highest BCUT2D eigenvalue weighted by Crippen LogP contribution is 2.21. The monoisotopic (exact) mass is 201 g/mol. The van der Waals surface area contributed by atoms with E-state index < -0.39 is 0 Å². The summed E-state index contributed by atoms with van der Waals surface area (Å²) in [7, 11) is 2.08. The maximum absolute atomic E-state index is 9.81. The van der Waals surface area contributed by atoms with Gasteiger partial charge in [-0.1, -0.05) is 12.8 Å². The van der Waals surface area contributed by atoms with E-state index in [1.165, 1.54) is 12.8 Å². The molecule has 3 heteroatoms. The predicted octanol–water partition coefficient (Wildman–Crippen LogP) is 1.26. The smallest absolute Gasteiger partial charge is 0.0695 e. The van der Waals surface area contributed by atoms with Crippen molar-refractivity contribution in [2.75, 3.05) is 26.8 Å². The third-order valence-electron chi connectivity index (χ3n) is 3.05. The van der Waals surface area contributed by atoms with Crippen LogP contribution >= 0.6 is 0 Å². The largest absolute Gasteiger partial charge is 0.391 e. The van der Waals surface area contributed by atoms with Crippen molar-refractivity contribution in [2.45, 2.75) is 44.8 Å². The second-order valence-electron chi connectivity index (χ2n) is 4.10. The van der Waals surface area contributed by atoms with E-state index in [4.69, 9.17) is 4.74 Å². The fourth-order valence-corrected chi connectivity index (χ4v) is 2.12. The van der Waals surface area contributed by atoms with Crippen LogP contribution in [0.4, 0.5) is 0 Å². The molecule has 0 aromatic rings. The molecule has 0 aromatic carbocycles. The number of aliphatic hydroxyl groups is 1. The van der Waals surface area contributed by atoms with Gasteiger partial charge in [-0.15, -0.1) is 0 Å². The summed E-state index contributed by atoms with van der Waals surface area (Å²) in [6, 6.07) is 0.351.